The predicted molar refractivity (Wildman–Crippen MR) is 106 cm³/mol. The molecule has 2 aromatic carbocycles. The molecular weight excluding hydrogens is 385 g/mol. The van der Waals surface area contributed by atoms with E-state index in [1.165, 1.54) is 0 Å². The molecule has 0 unspecified atom stereocenters. The number of oxazole rings is 1. The highest BCUT2D eigenvalue weighted by Gasteiger charge is 2.15. The van der Waals surface area contributed by atoms with Crippen molar-refractivity contribution in [2.24, 2.45) is 0 Å². The van der Waals surface area contributed by atoms with Gasteiger partial charge in [-0.3, -0.25) is 4.79 Å². The van der Waals surface area contributed by atoms with Crippen molar-refractivity contribution in [2.45, 2.75) is 6.92 Å². The Labute approximate surface area is 165 Å². The minimum Gasteiger partial charge on any atom is -0.434 e. The summed E-state index contributed by atoms with van der Waals surface area (Å²) < 4.78 is 5.72. The third-order valence-electron chi connectivity index (χ3n) is 4.00. The van der Waals surface area contributed by atoms with Gasteiger partial charge in [0.15, 0.2) is 11.2 Å². The molecule has 0 aliphatic rings. The second-order valence-corrected chi connectivity index (χ2v) is 6.79. The van der Waals surface area contributed by atoms with Crippen LogP contribution in [0.1, 0.15) is 15.9 Å². The van der Waals surface area contributed by atoms with Crippen molar-refractivity contribution in [3.63, 3.8) is 0 Å². The van der Waals surface area contributed by atoms with Crippen molar-refractivity contribution < 1.29 is 9.21 Å². The van der Waals surface area contributed by atoms with Crippen molar-refractivity contribution in [3.8, 4) is 11.5 Å². The average Bonchev–Trinajstić information content (AvgIpc) is 3.07. The molecule has 4 rings (SSSR count). The van der Waals surface area contributed by atoms with E-state index < -0.39 is 0 Å². The van der Waals surface area contributed by atoms with Gasteiger partial charge in [0, 0.05) is 11.8 Å². The molecule has 1 amide bonds. The Bertz CT molecular complexity index is 1140. The van der Waals surface area contributed by atoms with Crippen molar-refractivity contribution in [2.75, 3.05) is 5.32 Å². The van der Waals surface area contributed by atoms with Crippen molar-refractivity contribution in [1.29, 1.82) is 0 Å². The van der Waals surface area contributed by atoms with Gasteiger partial charge in [-0.15, -0.1) is 0 Å². The molecule has 2 aromatic heterocycles. The van der Waals surface area contributed by atoms with Crippen LogP contribution in [0.3, 0.4) is 0 Å². The van der Waals surface area contributed by atoms with E-state index in [9.17, 15) is 4.79 Å². The number of fused-ring (bicyclic) bond motifs is 1. The van der Waals surface area contributed by atoms with Gasteiger partial charge in [-0.2, -0.15) is 4.98 Å². The van der Waals surface area contributed by atoms with Crippen LogP contribution in [0.4, 0.5) is 5.69 Å². The number of aromatic nitrogens is 2. The Balaban J connectivity index is 1.67. The molecule has 27 heavy (non-hydrogen) atoms. The van der Waals surface area contributed by atoms with E-state index in [0.29, 0.717) is 44.0 Å². The van der Waals surface area contributed by atoms with E-state index in [4.69, 9.17) is 27.6 Å². The SMILES string of the molecule is Cc1ccc(C(=O)Nc2cc(-c3nc4ncccc4o3)ccc2Cl)c(Cl)c1. The number of amides is 1. The third-order valence-corrected chi connectivity index (χ3v) is 4.64. The van der Waals surface area contributed by atoms with E-state index in [-0.39, 0.29) is 5.91 Å². The zero-order valence-corrected chi connectivity index (χ0v) is 15.7. The second-order valence-electron chi connectivity index (χ2n) is 5.98. The first kappa shape index (κ1) is 17.5. The Hall–Kier alpha value is -2.89. The maximum atomic E-state index is 12.6. The van der Waals surface area contributed by atoms with Gasteiger partial charge < -0.3 is 9.73 Å². The van der Waals surface area contributed by atoms with E-state index in [0.717, 1.165) is 5.56 Å². The van der Waals surface area contributed by atoms with Crippen LogP contribution in [-0.2, 0) is 0 Å². The van der Waals surface area contributed by atoms with Crippen LogP contribution >= 0.6 is 23.2 Å². The summed E-state index contributed by atoms with van der Waals surface area (Å²) in [7, 11) is 0. The number of halogens is 2. The number of nitrogens with one attached hydrogen (secondary N) is 1. The molecule has 1 N–H and O–H groups in total. The molecule has 0 radical (unpaired) electrons. The van der Waals surface area contributed by atoms with Gasteiger partial charge in [0.2, 0.25) is 5.89 Å². The maximum absolute atomic E-state index is 12.6. The molecule has 0 aliphatic heterocycles. The highest BCUT2D eigenvalue weighted by atomic mass is 35.5. The number of pyridine rings is 1. The molecule has 0 saturated carbocycles. The second kappa shape index (κ2) is 7.02. The lowest BCUT2D eigenvalue weighted by Gasteiger charge is -2.10. The van der Waals surface area contributed by atoms with Gasteiger partial charge >= 0.3 is 0 Å². The van der Waals surface area contributed by atoms with E-state index in [1.54, 1.807) is 48.7 Å². The predicted octanol–water partition coefficient (Wildman–Crippen LogP) is 5.76. The summed E-state index contributed by atoms with van der Waals surface area (Å²) >= 11 is 12.4. The number of rotatable bonds is 3. The lowest BCUT2D eigenvalue weighted by molar-refractivity contribution is 0.102. The first-order valence-corrected chi connectivity index (χ1v) is 8.86. The largest absolute Gasteiger partial charge is 0.434 e. The van der Waals surface area contributed by atoms with Gasteiger partial charge in [-0.25, -0.2) is 4.98 Å². The fourth-order valence-electron chi connectivity index (χ4n) is 2.64. The standard InChI is InChI=1S/C20H13Cl2N3O2/c1-11-4-6-13(15(22)9-11)19(26)24-16-10-12(5-7-14(16)21)20-25-18-17(27-20)3-2-8-23-18/h2-10H,1H3,(H,24,26). The summed E-state index contributed by atoms with van der Waals surface area (Å²) in [6.07, 6.45) is 1.65. The number of carbonyl (C=O) groups is 1. The Morgan fingerprint density at radius 2 is 1.93 bits per heavy atom. The van der Waals surface area contributed by atoms with Gasteiger partial charge in [0.1, 0.15) is 0 Å². The molecule has 0 bridgehead atoms. The normalized spacial score (nSPS) is 10.9. The van der Waals surface area contributed by atoms with E-state index in [1.807, 2.05) is 13.0 Å². The van der Waals surface area contributed by atoms with Gasteiger partial charge in [-0.05, 0) is 55.0 Å². The summed E-state index contributed by atoms with van der Waals surface area (Å²) in [4.78, 5) is 21.1. The van der Waals surface area contributed by atoms with Crippen molar-refractivity contribution in [1.82, 2.24) is 9.97 Å². The smallest absolute Gasteiger partial charge is 0.257 e. The van der Waals surface area contributed by atoms with E-state index in [2.05, 4.69) is 15.3 Å². The van der Waals surface area contributed by atoms with Gasteiger partial charge in [0.25, 0.3) is 5.91 Å². The molecule has 0 spiro atoms. The summed E-state index contributed by atoms with van der Waals surface area (Å²) in [5, 5.41) is 3.56. The quantitative estimate of drug-likeness (QED) is 0.477. The molecule has 2 heterocycles. The summed E-state index contributed by atoms with van der Waals surface area (Å²) in [6, 6.07) is 13.9. The minimum atomic E-state index is -0.349. The lowest BCUT2D eigenvalue weighted by atomic mass is 10.1. The monoisotopic (exact) mass is 397 g/mol. The third kappa shape index (κ3) is 3.52. The van der Waals surface area contributed by atoms with E-state index >= 15 is 0 Å². The fraction of sp³-hybridized carbons (Fsp3) is 0.0500. The Kier molecular flexibility index (Phi) is 4.56. The Morgan fingerprint density at radius 3 is 2.70 bits per heavy atom. The molecule has 4 aromatic rings. The van der Waals surface area contributed by atoms with Crippen LogP contribution in [0, 0.1) is 6.92 Å². The lowest BCUT2D eigenvalue weighted by Crippen LogP contribution is -2.13. The number of carbonyl (C=O) groups excluding carboxylic acids is 1. The van der Waals surface area contributed by atoms with Crippen LogP contribution in [0.25, 0.3) is 22.7 Å². The minimum absolute atomic E-state index is 0.349. The Morgan fingerprint density at radius 1 is 1.07 bits per heavy atom. The maximum Gasteiger partial charge on any atom is 0.257 e. The van der Waals surface area contributed by atoms with Crippen LogP contribution < -0.4 is 5.32 Å². The summed E-state index contributed by atoms with van der Waals surface area (Å²) in [5.41, 5.74) is 3.55. The molecule has 0 fully saturated rings. The number of benzene rings is 2. The molecule has 7 heteroatoms. The summed E-state index contributed by atoms with van der Waals surface area (Å²) in [6.45, 7) is 1.91. The molecular formula is C20H13Cl2N3O2. The highest BCUT2D eigenvalue weighted by Crippen LogP contribution is 2.30. The molecule has 0 atom stereocenters. The zero-order chi connectivity index (χ0) is 19.0. The number of anilines is 1. The van der Waals surface area contributed by atoms with Crippen molar-refractivity contribution >= 4 is 46.0 Å². The first-order chi connectivity index (χ1) is 13.0. The summed E-state index contributed by atoms with van der Waals surface area (Å²) in [5.74, 6) is 0.0440. The van der Waals surface area contributed by atoms with Gasteiger partial charge in [0.05, 0.1) is 21.3 Å². The topological polar surface area (TPSA) is 68.0 Å². The number of nitrogens with zero attached hydrogens (tertiary/aromatic N) is 2. The van der Waals surface area contributed by atoms with Crippen molar-refractivity contribution in [3.05, 3.63) is 75.9 Å². The first-order valence-electron chi connectivity index (χ1n) is 8.10. The van der Waals surface area contributed by atoms with Crippen LogP contribution in [0.5, 0.6) is 0 Å². The fourth-order valence-corrected chi connectivity index (χ4v) is 3.13. The molecule has 5 nitrogen and oxygen atoms in total. The van der Waals surface area contributed by atoms with Crippen LogP contribution in [0.2, 0.25) is 10.0 Å². The average molecular weight is 398 g/mol. The number of aryl methyl sites for hydroxylation is 1. The van der Waals surface area contributed by atoms with Crippen LogP contribution in [0.15, 0.2) is 59.1 Å². The zero-order valence-electron chi connectivity index (χ0n) is 14.2. The van der Waals surface area contributed by atoms with Gasteiger partial charge in [-0.1, -0.05) is 29.3 Å². The van der Waals surface area contributed by atoms with Crippen LogP contribution in [-0.4, -0.2) is 15.9 Å². The number of hydrogen-bond acceptors (Lipinski definition) is 4. The molecule has 134 valence electrons. The molecule has 0 aliphatic carbocycles. The number of hydrogen-bond donors (Lipinski definition) is 1. The molecule has 0 saturated heterocycles. The highest BCUT2D eigenvalue weighted by molar-refractivity contribution is 6.36.